The van der Waals surface area contributed by atoms with Crippen molar-refractivity contribution in [3.05, 3.63) is 6.92 Å². The summed E-state index contributed by atoms with van der Waals surface area (Å²) in [6, 6.07) is 0. The standard InChI is InChI=1S/C9H15O4/c1-6(8(10)11)4-3-5-7(2)9(12)13/h6-7H,1,3-5H2,2H3,(H,10,11)(H,12,13). The van der Waals surface area contributed by atoms with Gasteiger partial charge in [-0.15, -0.1) is 0 Å². The smallest absolute Gasteiger partial charge is 0.306 e. The highest BCUT2D eigenvalue weighted by Crippen LogP contribution is 2.12. The van der Waals surface area contributed by atoms with Gasteiger partial charge in [0, 0.05) is 0 Å². The summed E-state index contributed by atoms with van der Waals surface area (Å²) in [5.74, 6) is -2.79. The van der Waals surface area contributed by atoms with Crippen LogP contribution in [0, 0.1) is 18.8 Å². The van der Waals surface area contributed by atoms with Crippen LogP contribution >= 0.6 is 0 Å². The minimum Gasteiger partial charge on any atom is -0.481 e. The summed E-state index contributed by atoms with van der Waals surface area (Å²) in [6.45, 7) is 5.04. The lowest BCUT2D eigenvalue weighted by Gasteiger charge is -2.07. The fourth-order valence-corrected chi connectivity index (χ4v) is 0.917. The number of rotatable bonds is 6. The highest BCUT2D eigenvalue weighted by atomic mass is 16.4. The van der Waals surface area contributed by atoms with E-state index in [4.69, 9.17) is 10.2 Å². The third kappa shape index (κ3) is 5.22. The molecule has 2 unspecified atom stereocenters. The van der Waals surface area contributed by atoms with Crippen LogP contribution < -0.4 is 0 Å². The molecule has 4 nitrogen and oxygen atoms in total. The Labute approximate surface area is 77.6 Å². The van der Waals surface area contributed by atoms with E-state index in [1.54, 1.807) is 6.92 Å². The Bertz CT molecular complexity index is 168. The maximum absolute atomic E-state index is 10.4. The van der Waals surface area contributed by atoms with Crippen molar-refractivity contribution in [1.82, 2.24) is 0 Å². The van der Waals surface area contributed by atoms with E-state index in [0.29, 0.717) is 19.3 Å². The number of aliphatic carboxylic acids is 2. The van der Waals surface area contributed by atoms with E-state index >= 15 is 0 Å². The molecule has 0 aromatic carbocycles. The van der Waals surface area contributed by atoms with Gasteiger partial charge in [-0.05, 0) is 19.8 Å². The SMILES string of the molecule is [CH2]C(CCCC(C)C(=O)O)C(=O)O. The molecule has 75 valence electrons. The second-order valence-electron chi connectivity index (χ2n) is 3.21. The topological polar surface area (TPSA) is 74.6 Å². The number of carboxylic acids is 2. The molecule has 0 aromatic rings. The van der Waals surface area contributed by atoms with Crippen LogP contribution in [-0.2, 0) is 9.59 Å². The fourth-order valence-electron chi connectivity index (χ4n) is 0.917. The van der Waals surface area contributed by atoms with Crippen molar-refractivity contribution in [3.8, 4) is 0 Å². The molecule has 0 saturated carbocycles. The molecule has 2 atom stereocenters. The lowest BCUT2D eigenvalue weighted by atomic mass is 9.99. The fraction of sp³-hybridized carbons (Fsp3) is 0.667. The van der Waals surface area contributed by atoms with Crippen LogP contribution in [0.5, 0.6) is 0 Å². The average Bonchev–Trinajstić information content (AvgIpc) is 2.03. The molecule has 13 heavy (non-hydrogen) atoms. The molecule has 4 heteroatoms. The lowest BCUT2D eigenvalue weighted by molar-refractivity contribution is -0.141. The van der Waals surface area contributed by atoms with Crippen molar-refractivity contribution < 1.29 is 19.8 Å². The van der Waals surface area contributed by atoms with E-state index < -0.39 is 23.8 Å². The summed E-state index contributed by atoms with van der Waals surface area (Å²) in [7, 11) is 0. The predicted molar refractivity (Wildman–Crippen MR) is 47.1 cm³/mol. The highest BCUT2D eigenvalue weighted by Gasteiger charge is 2.14. The van der Waals surface area contributed by atoms with Crippen molar-refractivity contribution >= 4 is 11.9 Å². The minimum atomic E-state index is -0.928. The Hall–Kier alpha value is -1.06. The maximum Gasteiger partial charge on any atom is 0.306 e. The maximum atomic E-state index is 10.4. The van der Waals surface area contributed by atoms with Crippen molar-refractivity contribution in [3.63, 3.8) is 0 Å². The molecule has 0 saturated heterocycles. The second kappa shape index (κ2) is 5.56. The van der Waals surface area contributed by atoms with E-state index in [1.807, 2.05) is 0 Å². The molecule has 0 heterocycles. The van der Waals surface area contributed by atoms with Crippen molar-refractivity contribution in [2.24, 2.45) is 11.8 Å². The average molecular weight is 187 g/mol. The van der Waals surface area contributed by atoms with Crippen LogP contribution in [0.15, 0.2) is 0 Å². The van der Waals surface area contributed by atoms with Gasteiger partial charge in [0.25, 0.3) is 0 Å². The lowest BCUT2D eigenvalue weighted by Crippen LogP contribution is -2.12. The summed E-state index contributed by atoms with van der Waals surface area (Å²) in [6.07, 6.45) is 1.54. The van der Waals surface area contributed by atoms with Gasteiger partial charge in [0.05, 0.1) is 11.8 Å². The highest BCUT2D eigenvalue weighted by molar-refractivity contribution is 5.70. The van der Waals surface area contributed by atoms with E-state index in [2.05, 4.69) is 6.92 Å². The largest absolute Gasteiger partial charge is 0.481 e. The van der Waals surface area contributed by atoms with Gasteiger partial charge in [-0.25, -0.2) is 0 Å². The van der Waals surface area contributed by atoms with Crippen LogP contribution in [-0.4, -0.2) is 22.2 Å². The molecule has 0 bridgehead atoms. The molecule has 0 aromatic heterocycles. The number of hydrogen-bond donors (Lipinski definition) is 2. The van der Waals surface area contributed by atoms with Crippen molar-refractivity contribution in [2.45, 2.75) is 26.2 Å². The molecule has 1 radical (unpaired) electrons. The summed E-state index contributed by atoms with van der Waals surface area (Å²) in [4.78, 5) is 20.7. The number of carbonyl (C=O) groups is 2. The zero-order valence-corrected chi connectivity index (χ0v) is 7.69. The van der Waals surface area contributed by atoms with Gasteiger partial charge in [-0.1, -0.05) is 13.3 Å². The van der Waals surface area contributed by atoms with Crippen molar-refractivity contribution in [1.29, 1.82) is 0 Å². The van der Waals surface area contributed by atoms with Crippen LogP contribution in [0.4, 0.5) is 0 Å². The monoisotopic (exact) mass is 187 g/mol. The molecule has 0 rings (SSSR count). The second-order valence-corrected chi connectivity index (χ2v) is 3.21. The number of carboxylic acid groups (broad SMARTS) is 2. The first kappa shape index (κ1) is 11.9. The first-order valence-corrected chi connectivity index (χ1v) is 4.23. The first-order chi connectivity index (χ1) is 5.95. The molecular weight excluding hydrogens is 172 g/mol. The zero-order valence-electron chi connectivity index (χ0n) is 7.69. The van der Waals surface area contributed by atoms with Gasteiger partial charge < -0.3 is 10.2 Å². The quantitative estimate of drug-likeness (QED) is 0.659. The van der Waals surface area contributed by atoms with Gasteiger partial charge in [0.2, 0.25) is 0 Å². The van der Waals surface area contributed by atoms with Gasteiger partial charge in [0.1, 0.15) is 0 Å². The Kier molecular flexibility index (Phi) is 5.11. The third-order valence-electron chi connectivity index (χ3n) is 1.96. The van der Waals surface area contributed by atoms with E-state index in [0.717, 1.165) is 0 Å². The summed E-state index contributed by atoms with van der Waals surface area (Å²) in [5.41, 5.74) is 0. The van der Waals surface area contributed by atoms with E-state index in [1.165, 1.54) is 0 Å². The molecule has 0 aliphatic heterocycles. The Morgan fingerprint density at radius 1 is 1.23 bits per heavy atom. The molecule has 0 spiro atoms. The summed E-state index contributed by atoms with van der Waals surface area (Å²) < 4.78 is 0. The molecule has 0 aliphatic carbocycles. The summed E-state index contributed by atoms with van der Waals surface area (Å²) >= 11 is 0. The molecule has 0 aliphatic rings. The number of hydrogen-bond acceptors (Lipinski definition) is 2. The summed E-state index contributed by atoms with van der Waals surface area (Å²) in [5, 5.41) is 17.0. The molecular formula is C9H15O4. The van der Waals surface area contributed by atoms with Gasteiger partial charge in [-0.3, -0.25) is 9.59 Å². The van der Waals surface area contributed by atoms with Crippen LogP contribution in [0.2, 0.25) is 0 Å². The third-order valence-corrected chi connectivity index (χ3v) is 1.96. The predicted octanol–water partition coefficient (Wildman–Crippen LogP) is 1.41. The zero-order chi connectivity index (χ0) is 10.4. The first-order valence-electron chi connectivity index (χ1n) is 4.23. The Morgan fingerprint density at radius 2 is 1.77 bits per heavy atom. The van der Waals surface area contributed by atoms with E-state index in [9.17, 15) is 9.59 Å². The van der Waals surface area contributed by atoms with Gasteiger partial charge >= 0.3 is 11.9 Å². The Balaban J connectivity index is 3.56. The van der Waals surface area contributed by atoms with Gasteiger partial charge in [0.15, 0.2) is 0 Å². The normalized spacial score (nSPS) is 14.9. The molecule has 0 fully saturated rings. The van der Waals surface area contributed by atoms with Gasteiger partial charge in [-0.2, -0.15) is 0 Å². The van der Waals surface area contributed by atoms with Crippen LogP contribution in [0.1, 0.15) is 26.2 Å². The minimum absolute atomic E-state index is 0.402. The molecule has 0 amide bonds. The van der Waals surface area contributed by atoms with Crippen LogP contribution in [0.3, 0.4) is 0 Å². The molecule has 2 N–H and O–H groups in total. The van der Waals surface area contributed by atoms with E-state index in [-0.39, 0.29) is 0 Å². The van der Waals surface area contributed by atoms with Crippen molar-refractivity contribution in [2.75, 3.05) is 0 Å². The Morgan fingerprint density at radius 3 is 2.15 bits per heavy atom. The van der Waals surface area contributed by atoms with Crippen LogP contribution in [0.25, 0.3) is 0 Å².